The summed E-state index contributed by atoms with van der Waals surface area (Å²) in [7, 11) is 0. The number of hydrogen-bond donors (Lipinski definition) is 2. The molecule has 5 heteroatoms. The van der Waals surface area contributed by atoms with Gasteiger partial charge < -0.3 is 20.3 Å². The third kappa shape index (κ3) is 3.65. The zero-order valence-electron chi connectivity index (χ0n) is 14.7. The predicted molar refractivity (Wildman–Crippen MR) is 93.4 cm³/mol. The van der Waals surface area contributed by atoms with Crippen molar-refractivity contribution in [3.8, 4) is 0 Å². The molecule has 0 aliphatic carbocycles. The topological polar surface area (TPSA) is 68.0 Å². The number of hydrogen-bond acceptors (Lipinski definition) is 5. The smallest absolute Gasteiger partial charge is 0.184 e. The first-order valence-corrected chi connectivity index (χ1v) is 9.13. The van der Waals surface area contributed by atoms with Crippen molar-refractivity contribution in [1.82, 2.24) is 4.90 Å². The average molecular weight is 334 g/mol. The van der Waals surface area contributed by atoms with Crippen LogP contribution in [0.15, 0.2) is 30.3 Å². The number of ether oxygens (including phenoxy) is 2. The van der Waals surface area contributed by atoms with E-state index in [0.29, 0.717) is 19.1 Å². The van der Waals surface area contributed by atoms with Crippen molar-refractivity contribution in [3.05, 3.63) is 35.9 Å². The van der Waals surface area contributed by atoms with Crippen LogP contribution in [0, 0.1) is 5.92 Å². The highest BCUT2D eigenvalue weighted by atomic mass is 16.7. The lowest BCUT2D eigenvalue weighted by Crippen LogP contribution is -2.67. The molecule has 5 nitrogen and oxygen atoms in total. The molecular weight excluding hydrogens is 304 g/mol. The van der Waals surface area contributed by atoms with Crippen LogP contribution >= 0.6 is 0 Å². The lowest BCUT2D eigenvalue weighted by molar-refractivity contribution is -0.277. The molecule has 134 valence electrons. The summed E-state index contributed by atoms with van der Waals surface area (Å²) >= 11 is 0. The number of piperidine rings is 1. The summed E-state index contributed by atoms with van der Waals surface area (Å²) in [6, 6.07) is 9.67. The van der Waals surface area contributed by atoms with Gasteiger partial charge in [-0.2, -0.15) is 0 Å². The maximum atomic E-state index is 10.6. The number of rotatable bonds is 5. The van der Waals surface area contributed by atoms with Crippen molar-refractivity contribution in [1.29, 1.82) is 0 Å². The molecule has 0 amide bonds. The fraction of sp³-hybridized carbons (Fsp3) is 0.684. The van der Waals surface area contributed by atoms with Crippen molar-refractivity contribution in [2.24, 2.45) is 11.7 Å². The number of aliphatic hydroxyl groups is 1. The second-order valence-corrected chi connectivity index (χ2v) is 7.03. The molecule has 24 heavy (non-hydrogen) atoms. The molecule has 2 fully saturated rings. The maximum absolute atomic E-state index is 10.6. The number of nitrogens with two attached hydrogens (primary N) is 1. The second-order valence-electron chi connectivity index (χ2n) is 7.03. The van der Waals surface area contributed by atoms with Crippen LogP contribution in [0.2, 0.25) is 0 Å². The molecule has 0 bridgehead atoms. The lowest BCUT2D eigenvalue weighted by Gasteiger charge is -2.50. The number of likely N-dealkylation sites (tertiary alicyclic amines) is 1. The number of nitrogens with zero attached hydrogens (tertiary/aromatic N) is 1. The van der Waals surface area contributed by atoms with Crippen molar-refractivity contribution in [2.45, 2.75) is 57.3 Å². The van der Waals surface area contributed by atoms with Crippen LogP contribution in [0.1, 0.15) is 38.5 Å². The Morgan fingerprint density at radius 1 is 1.25 bits per heavy atom. The maximum Gasteiger partial charge on any atom is 0.184 e. The Morgan fingerprint density at radius 2 is 1.96 bits per heavy atom. The van der Waals surface area contributed by atoms with Gasteiger partial charge in [0.05, 0.1) is 18.8 Å². The van der Waals surface area contributed by atoms with Gasteiger partial charge in [-0.25, -0.2) is 0 Å². The summed E-state index contributed by atoms with van der Waals surface area (Å²) in [5.74, 6) is 0.639. The quantitative estimate of drug-likeness (QED) is 0.861. The van der Waals surface area contributed by atoms with Crippen LogP contribution in [-0.2, 0) is 9.47 Å². The molecule has 2 aliphatic rings. The van der Waals surface area contributed by atoms with Gasteiger partial charge in [-0.15, -0.1) is 0 Å². The van der Waals surface area contributed by atoms with Crippen LogP contribution in [0.4, 0.5) is 0 Å². The van der Waals surface area contributed by atoms with E-state index in [1.54, 1.807) is 0 Å². The summed E-state index contributed by atoms with van der Waals surface area (Å²) in [5, 5.41) is 10.6. The lowest BCUT2D eigenvalue weighted by atomic mass is 9.90. The van der Waals surface area contributed by atoms with Crippen molar-refractivity contribution < 1.29 is 14.6 Å². The molecule has 1 aromatic rings. The van der Waals surface area contributed by atoms with Gasteiger partial charge in [-0.3, -0.25) is 4.90 Å². The highest BCUT2D eigenvalue weighted by molar-refractivity contribution is 5.17. The molecule has 2 aliphatic heterocycles. The molecular formula is C19H30N2O3. The van der Waals surface area contributed by atoms with Crippen LogP contribution in [0.3, 0.4) is 0 Å². The van der Waals surface area contributed by atoms with Crippen molar-refractivity contribution in [3.63, 3.8) is 0 Å². The number of fused-ring (bicyclic) bond motifs is 1. The SMILES string of the molecule is CCC(CC)CN1C[C@H](N)[C@@H](O)[C@@H]2O[C@H](c3ccccc3)OC[C@H]21. The standard InChI is InChI=1S/C19H30N2O3/c1-3-13(4-2)10-21-11-15(20)17(22)18-16(21)12-23-19(24-18)14-8-6-5-7-9-14/h5-9,13,15-19,22H,3-4,10-12,20H2,1-2H3/t15-,16+,17+,18+,19+/m0/s1. The van der Waals surface area contributed by atoms with E-state index in [1.165, 1.54) is 0 Å². The first-order valence-electron chi connectivity index (χ1n) is 9.13. The summed E-state index contributed by atoms with van der Waals surface area (Å²) in [6.45, 7) is 6.69. The van der Waals surface area contributed by atoms with E-state index >= 15 is 0 Å². The zero-order chi connectivity index (χ0) is 17.1. The summed E-state index contributed by atoms with van der Waals surface area (Å²) < 4.78 is 12.1. The van der Waals surface area contributed by atoms with Gasteiger partial charge in [0, 0.05) is 24.7 Å². The molecule has 0 aromatic heterocycles. The molecule has 0 radical (unpaired) electrons. The van der Waals surface area contributed by atoms with Gasteiger partial charge in [0.25, 0.3) is 0 Å². The fourth-order valence-electron chi connectivity index (χ4n) is 3.81. The monoisotopic (exact) mass is 334 g/mol. The Kier molecular flexibility index (Phi) is 5.89. The van der Waals surface area contributed by atoms with Gasteiger partial charge in [0.2, 0.25) is 0 Å². The van der Waals surface area contributed by atoms with Gasteiger partial charge in [0.1, 0.15) is 6.10 Å². The van der Waals surface area contributed by atoms with E-state index in [0.717, 1.165) is 24.9 Å². The van der Waals surface area contributed by atoms with Crippen LogP contribution in [-0.4, -0.2) is 54.0 Å². The normalized spacial score (nSPS) is 34.3. The van der Waals surface area contributed by atoms with Gasteiger partial charge >= 0.3 is 0 Å². The Morgan fingerprint density at radius 3 is 2.62 bits per heavy atom. The first-order chi connectivity index (χ1) is 11.6. The number of benzene rings is 1. The van der Waals surface area contributed by atoms with Crippen LogP contribution in [0.25, 0.3) is 0 Å². The molecule has 2 saturated heterocycles. The van der Waals surface area contributed by atoms with Crippen LogP contribution in [0.5, 0.6) is 0 Å². The van der Waals surface area contributed by atoms with E-state index in [4.69, 9.17) is 15.2 Å². The second kappa shape index (κ2) is 7.93. The minimum absolute atomic E-state index is 0.0698. The minimum atomic E-state index is -0.650. The van der Waals surface area contributed by atoms with Crippen molar-refractivity contribution in [2.75, 3.05) is 19.7 Å². The summed E-state index contributed by atoms with van der Waals surface area (Å²) in [6.07, 6.45) is 0.917. The molecule has 2 heterocycles. The molecule has 0 unspecified atom stereocenters. The van der Waals surface area contributed by atoms with Gasteiger partial charge in [-0.1, -0.05) is 57.0 Å². The largest absolute Gasteiger partial charge is 0.389 e. The Labute approximate surface area is 144 Å². The molecule has 3 rings (SSSR count). The third-order valence-corrected chi connectivity index (χ3v) is 5.49. The van der Waals surface area contributed by atoms with E-state index < -0.39 is 12.4 Å². The first kappa shape index (κ1) is 17.8. The highest BCUT2D eigenvalue weighted by Crippen LogP contribution is 2.33. The average Bonchev–Trinajstić information content (AvgIpc) is 2.64. The molecule has 0 saturated carbocycles. The minimum Gasteiger partial charge on any atom is -0.389 e. The van der Waals surface area contributed by atoms with Crippen LogP contribution < -0.4 is 5.73 Å². The molecule has 3 N–H and O–H groups in total. The highest BCUT2D eigenvalue weighted by Gasteiger charge is 2.46. The van der Waals surface area contributed by atoms with E-state index in [9.17, 15) is 5.11 Å². The third-order valence-electron chi connectivity index (χ3n) is 5.49. The predicted octanol–water partition coefficient (Wildman–Crippen LogP) is 1.91. The molecule has 5 atom stereocenters. The Bertz CT molecular complexity index is 509. The number of aliphatic hydroxyl groups excluding tert-OH is 1. The van der Waals surface area contributed by atoms with E-state index in [2.05, 4.69) is 18.7 Å². The summed E-state index contributed by atoms with van der Waals surface area (Å²) in [5.41, 5.74) is 7.19. The Hall–Kier alpha value is -0.980. The molecule has 1 aromatic carbocycles. The van der Waals surface area contributed by atoms with Crippen molar-refractivity contribution >= 4 is 0 Å². The molecule has 0 spiro atoms. The Balaban J connectivity index is 1.73. The zero-order valence-corrected chi connectivity index (χ0v) is 14.7. The van der Waals surface area contributed by atoms with Gasteiger partial charge in [-0.05, 0) is 5.92 Å². The van der Waals surface area contributed by atoms with E-state index in [-0.39, 0.29) is 18.2 Å². The summed E-state index contributed by atoms with van der Waals surface area (Å²) in [4.78, 5) is 2.36. The fourth-order valence-corrected chi connectivity index (χ4v) is 3.81. The van der Waals surface area contributed by atoms with Gasteiger partial charge in [0.15, 0.2) is 6.29 Å². The van der Waals surface area contributed by atoms with E-state index in [1.807, 2.05) is 30.3 Å².